The van der Waals surface area contributed by atoms with Crippen LogP contribution in [0.2, 0.25) is 0 Å². The van der Waals surface area contributed by atoms with Crippen molar-refractivity contribution in [1.82, 2.24) is 5.32 Å². The number of rotatable bonds is 9. The fraction of sp³-hybridized carbons (Fsp3) is 0.417. The summed E-state index contributed by atoms with van der Waals surface area (Å²) in [7, 11) is 3.12. The third-order valence-electron chi connectivity index (χ3n) is 5.85. The van der Waals surface area contributed by atoms with Gasteiger partial charge in [-0.25, -0.2) is 0 Å². The minimum absolute atomic E-state index is 0.0876. The molecule has 1 saturated carbocycles. The summed E-state index contributed by atoms with van der Waals surface area (Å²) in [6.07, 6.45) is 2.25. The maximum absolute atomic E-state index is 12.5. The van der Waals surface area contributed by atoms with Gasteiger partial charge in [-0.15, -0.1) is 0 Å². The third kappa shape index (κ3) is 3.80. The molecule has 1 N–H and O–H groups in total. The Bertz CT molecular complexity index is 1010. The smallest absolute Gasteiger partial charge is 0.315 e. The first kappa shape index (κ1) is 21.0. The molecule has 0 spiro atoms. The molecule has 7 nitrogen and oxygen atoms in total. The highest BCUT2D eigenvalue weighted by Gasteiger charge is 2.52. The number of fused-ring (bicyclic) bond motifs is 1. The second-order valence-corrected chi connectivity index (χ2v) is 7.90. The fourth-order valence-electron chi connectivity index (χ4n) is 3.88. The summed E-state index contributed by atoms with van der Waals surface area (Å²) in [5.74, 6) is 1.17. The summed E-state index contributed by atoms with van der Waals surface area (Å²) >= 11 is 0. The van der Waals surface area contributed by atoms with Gasteiger partial charge in [-0.3, -0.25) is 9.59 Å². The summed E-state index contributed by atoms with van der Waals surface area (Å²) in [6, 6.07) is 9.32. The number of carbonyl (C=O) groups is 2. The Kier molecular flexibility index (Phi) is 5.76. The monoisotopic (exact) mass is 425 g/mol. The first-order valence-corrected chi connectivity index (χ1v) is 10.5. The van der Waals surface area contributed by atoms with Gasteiger partial charge in [0.2, 0.25) is 5.75 Å². The van der Waals surface area contributed by atoms with Crippen LogP contribution in [0.15, 0.2) is 30.3 Å². The minimum atomic E-state index is -0.614. The van der Waals surface area contributed by atoms with Crippen molar-refractivity contribution in [2.75, 3.05) is 27.4 Å². The number of hydrogen-bond acceptors (Lipinski definition) is 6. The van der Waals surface area contributed by atoms with Crippen LogP contribution in [0.5, 0.6) is 17.2 Å². The summed E-state index contributed by atoms with van der Waals surface area (Å²) in [6.45, 7) is 3.02. The average molecular weight is 425 g/mol. The van der Waals surface area contributed by atoms with Gasteiger partial charge in [0, 0.05) is 17.7 Å². The molecule has 4 rings (SSSR count). The van der Waals surface area contributed by atoms with Gasteiger partial charge in [-0.05, 0) is 48.6 Å². The number of benzene rings is 2. The van der Waals surface area contributed by atoms with Crippen LogP contribution in [-0.2, 0) is 16.1 Å². The number of amides is 1. The lowest BCUT2D eigenvalue weighted by molar-refractivity contribution is -0.151. The highest BCUT2D eigenvalue weighted by Crippen LogP contribution is 2.50. The topological polar surface area (TPSA) is 83.1 Å². The van der Waals surface area contributed by atoms with Crippen molar-refractivity contribution in [3.8, 4) is 28.4 Å². The van der Waals surface area contributed by atoms with Gasteiger partial charge in [-0.1, -0.05) is 19.1 Å². The van der Waals surface area contributed by atoms with E-state index in [2.05, 4.69) is 5.32 Å². The largest absolute Gasteiger partial charge is 0.493 e. The second-order valence-electron chi connectivity index (χ2n) is 7.90. The molecule has 2 aromatic rings. The maximum Gasteiger partial charge on any atom is 0.315 e. The number of nitrogens with one attached hydrogen (secondary N) is 1. The second kappa shape index (κ2) is 8.49. The van der Waals surface area contributed by atoms with Crippen molar-refractivity contribution in [3.63, 3.8) is 0 Å². The van der Waals surface area contributed by atoms with Crippen molar-refractivity contribution in [2.24, 2.45) is 5.41 Å². The van der Waals surface area contributed by atoms with Crippen LogP contribution in [0, 0.1) is 5.41 Å². The lowest BCUT2D eigenvalue weighted by Gasteiger charge is -2.21. The number of esters is 1. The van der Waals surface area contributed by atoms with Crippen LogP contribution in [0.1, 0.15) is 42.1 Å². The van der Waals surface area contributed by atoms with Crippen LogP contribution in [0.25, 0.3) is 11.1 Å². The Balaban J connectivity index is 1.72. The lowest BCUT2D eigenvalue weighted by atomic mass is 9.95. The molecule has 31 heavy (non-hydrogen) atoms. The van der Waals surface area contributed by atoms with Gasteiger partial charge in [0.25, 0.3) is 5.91 Å². The van der Waals surface area contributed by atoms with Gasteiger partial charge in [0.1, 0.15) is 12.0 Å². The molecule has 1 aliphatic heterocycles. The first-order chi connectivity index (χ1) is 15.0. The van der Waals surface area contributed by atoms with Crippen LogP contribution in [0.3, 0.4) is 0 Å². The Morgan fingerprint density at radius 3 is 2.48 bits per heavy atom. The van der Waals surface area contributed by atoms with Crippen LogP contribution in [-0.4, -0.2) is 39.3 Å². The highest BCUT2D eigenvalue weighted by molar-refractivity contribution is 6.01. The minimum Gasteiger partial charge on any atom is -0.493 e. The van der Waals surface area contributed by atoms with Crippen molar-refractivity contribution in [3.05, 3.63) is 41.5 Å². The molecule has 0 unspecified atom stereocenters. The lowest BCUT2D eigenvalue weighted by Crippen LogP contribution is -2.26. The predicted molar refractivity (Wildman–Crippen MR) is 115 cm³/mol. The van der Waals surface area contributed by atoms with Crippen LogP contribution >= 0.6 is 0 Å². The Hall–Kier alpha value is -3.22. The van der Waals surface area contributed by atoms with Gasteiger partial charge >= 0.3 is 5.97 Å². The fourth-order valence-corrected chi connectivity index (χ4v) is 3.88. The number of carbonyl (C=O) groups excluding carboxylic acids is 2. The predicted octanol–water partition coefficient (Wildman–Crippen LogP) is 3.73. The molecule has 2 aromatic carbocycles. The number of hydrogen-bond donors (Lipinski definition) is 1. The number of methoxy groups -OCH3 is 2. The summed E-state index contributed by atoms with van der Waals surface area (Å²) in [5, 5.41) is 2.87. The molecular weight excluding hydrogens is 398 g/mol. The SMILES string of the molecule is CCCOC(=O)C1(COc2c(-c3cccc4c3CNC4=O)ccc(OC)c2OC)CC1. The molecule has 1 amide bonds. The van der Waals surface area contributed by atoms with Crippen molar-refractivity contribution < 1.29 is 28.5 Å². The molecule has 164 valence electrons. The molecule has 0 saturated heterocycles. The molecule has 0 aromatic heterocycles. The van der Waals surface area contributed by atoms with E-state index in [1.807, 2.05) is 37.3 Å². The molecule has 7 heteroatoms. The highest BCUT2D eigenvalue weighted by atomic mass is 16.5. The number of ether oxygens (including phenoxy) is 4. The van der Waals surface area contributed by atoms with Gasteiger partial charge in [0.05, 0.1) is 20.8 Å². The Labute approximate surface area is 181 Å². The van der Waals surface area contributed by atoms with E-state index in [9.17, 15) is 9.59 Å². The first-order valence-electron chi connectivity index (χ1n) is 10.5. The molecule has 1 heterocycles. The molecular formula is C24H27NO6. The van der Waals surface area contributed by atoms with E-state index < -0.39 is 5.41 Å². The standard InChI is InChI=1S/C24H27NO6/c1-4-12-30-23(27)24(10-11-24)14-31-20-16(8-9-19(28-2)21(20)29-3)15-6-5-7-17-18(15)13-25-22(17)26/h5-9H,4,10-14H2,1-3H3,(H,25,26). The van der Waals surface area contributed by atoms with Crippen LogP contribution < -0.4 is 19.5 Å². The zero-order valence-electron chi connectivity index (χ0n) is 18.1. The average Bonchev–Trinajstić information content (AvgIpc) is 3.50. The van der Waals surface area contributed by atoms with Crippen molar-refractivity contribution in [2.45, 2.75) is 32.7 Å². The van der Waals surface area contributed by atoms with E-state index in [0.717, 1.165) is 36.0 Å². The summed E-state index contributed by atoms with van der Waals surface area (Å²) in [5.41, 5.74) is 2.61. The van der Waals surface area contributed by atoms with E-state index in [-0.39, 0.29) is 18.5 Å². The normalized spacial score (nSPS) is 15.6. The maximum atomic E-state index is 12.5. The van der Waals surface area contributed by atoms with Gasteiger partial charge in [-0.2, -0.15) is 0 Å². The zero-order chi connectivity index (χ0) is 22.0. The van der Waals surface area contributed by atoms with E-state index in [0.29, 0.717) is 36.0 Å². The Morgan fingerprint density at radius 1 is 1.03 bits per heavy atom. The van der Waals surface area contributed by atoms with E-state index in [4.69, 9.17) is 18.9 Å². The molecule has 0 radical (unpaired) electrons. The van der Waals surface area contributed by atoms with Gasteiger partial charge in [0.15, 0.2) is 11.5 Å². The molecule has 0 atom stereocenters. The van der Waals surface area contributed by atoms with Gasteiger partial charge < -0.3 is 24.3 Å². The summed E-state index contributed by atoms with van der Waals surface area (Å²) in [4.78, 5) is 24.7. The van der Waals surface area contributed by atoms with E-state index >= 15 is 0 Å². The molecule has 1 fully saturated rings. The quantitative estimate of drug-likeness (QED) is 0.617. The van der Waals surface area contributed by atoms with E-state index in [1.54, 1.807) is 14.2 Å². The van der Waals surface area contributed by atoms with Crippen LogP contribution in [0.4, 0.5) is 0 Å². The molecule has 2 aliphatic rings. The zero-order valence-corrected chi connectivity index (χ0v) is 18.1. The molecule has 0 bridgehead atoms. The molecule has 1 aliphatic carbocycles. The van der Waals surface area contributed by atoms with E-state index in [1.165, 1.54) is 0 Å². The van der Waals surface area contributed by atoms with Crippen molar-refractivity contribution >= 4 is 11.9 Å². The third-order valence-corrected chi connectivity index (χ3v) is 5.85. The Morgan fingerprint density at radius 2 is 1.81 bits per heavy atom. The van der Waals surface area contributed by atoms with Crippen molar-refractivity contribution in [1.29, 1.82) is 0 Å². The summed E-state index contributed by atoms with van der Waals surface area (Å²) < 4.78 is 22.7.